The van der Waals surface area contributed by atoms with Crippen LogP contribution in [-0.4, -0.2) is 13.7 Å². The first-order valence-electron chi connectivity index (χ1n) is 41.5. The second kappa shape index (κ2) is 36.7. The number of aryl methyl sites for hydroxylation is 3. The molecular formula is C105H117N3. The van der Waals surface area contributed by atoms with Crippen molar-refractivity contribution >= 4 is 130 Å². The summed E-state index contributed by atoms with van der Waals surface area (Å²) in [5, 5.41) is 24.7. The van der Waals surface area contributed by atoms with Crippen molar-refractivity contribution in [2.45, 2.75) is 184 Å². The van der Waals surface area contributed by atoms with E-state index in [1.54, 1.807) is 0 Å². The Bertz CT molecular complexity index is 6080. The molecule has 0 bridgehead atoms. The predicted molar refractivity (Wildman–Crippen MR) is 487 cm³/mol. The molecule has 0 atom stereocenters. The monoisotopic (exact) mass is 1420 g/mol. The minimum absolute atomic E-state index is 0.978. The normalized spacial score (nSPS) is 11.2. The van der Waals surface area contributed by atoms with Gasteiger partial charge in [-0.3, -0.25) is 0 Å². The van der Waals surface area contributed by atoms with Gasteiger partial charge in [0, 0.05) is 87.8 Å². The molecule has 0 aliphatic heterocycles. The maximum absolute atomic E-state index is 2.53. The van der Waals surface area contributed by atoms with Gasteiger partial charge in [-0.05, 0) is 176 Å². The van der Waals surface area contributed by atoms with E-state index < -0.39 is 0 Å². The van der Waals surface area contributed by atoms with Gasteiger partial charge in [-0.1, -0.05) is 355 Å². The molecule has 18 aromatic rings. The van der Waals surface area contributed by atoms with E-state index in [4.69, 9.17) is 0 Å². The van der Waals surface area contributed by atoms with Crippen molar-refractivity contribution in [3.63, 3.8) is 0 Å². The molecule has 0 radical (unpaired) electrons. The van der Waals surface area contributed by atoms with Crippen LogP contribution in [0.2, 0.25) is 0 Å². The van der Waals surface area contributed by atoms with Crippen molar-refractivity contribution in [1.29, 1.82) is 0 Å². The lowest BCUT2D eigenvalue weighted by molar-refractivity contribution is 0.824. The van der Waals surface area contributed by atoms with Crippen LogP contribution in [0.4, 0.5) is 0 Å². The molecule has 15 aromatic carbocycles. The van der Waals surface area contributed by atoms with Crippen molar-refractivity contribution in [3.8, 4) is 33.4 Å². The Labute approximate surface area is 645 Å². The SMILES string of the molecule is CC.CC.CC.CC.CC.CC.CC.CC.CC.CCn1c2ccccc2c2c3ccccc3c3c(c21)Cc1c-3ccc2ccccc12.CCn1c2ccccc2c2c3ccccc3c3c(c21)Cc1cc2ccccc2cc1-3.CCn1c2ccccc2c2c3ccccc3c3c(c21)Cc1ccc2ccccc2c1-3. The van der Waals surface area contributed by atoms with E-state index in [-0.39, 0.29) is 0 Å². The van der Waals surface area contributed by atoms with Crippen molar-refractivity contribution in [2.75, 3.05) is 0 Å². The molecule has 3 aromatic heterocycles. The average Bonchev–Trinajstić information content (AvgIpc) is 1.55. The van der Waals surface area contributed by atoms with Gasteiger partial charge < -0.3 is 13.7 Å². The third-order valence-electron chi connectivity index (χ3n) is 20.9. The number of aromatic nitrogens is 3. The van der Waals surface area contributed by atoms with Gasteiger partial charge in [0.1, 0.15) is 0 Å². The Balaban J connectivity index is 0.000000156. The first-order chi connectivity index (χ1) is 53.6. The number of hydrogen-bond acceptors (Lipinski definition) is 0. The van der Waals surface area contributed by atoms with E-state index in [1.807, 2.05) is 125 Å². The Kier molecular flexibility index (Phi) is 27.1. The van der Waals surface area contributed by atoms with Crippen molar-refractivity contribution < 1.29 is 0 Å². The van der Waals surface area contributed by atoms with Crippen LogP contribution in [0.15, 0.2) is 255 Å². The van der Waals surface area contributed by atoms with Gasteiger partial charge in [0.2, 0.25) is 0 Å². The van der Waals surface area contributed by atoms with Crippen LogP contribution >= 0.6 is 0 Å². The maximum atomic E-state index is 2.53. The molecule has 3 nitrogen and oxygen atoms in total. The third kappa shape index (κ3) is 13.3. The zero-order valence-corrected chi connectivity index (χ0v) is 68.8. The molecular weight excluding hydrogens is 1300 g/mol. The number of hydrogen-bond donors (Lipinski definition) is 0. The van der Waals surface area contributed by atoms with Crippen LogP contribution in [0.5, 0.6) is 0 Å². The number of fused-ring (bicyclic) bond motifs is 35. The second-order valence-corrected chi connectivity index (χ2v) is 25.2. The summed E-state index contributed by atoms with van der Waals surface area (Å²) in [5.41, 5.74) is 25.8. The van der Waals surface area contributed by atoms with Gasteiger partial charge in [0.25, 0.3) is 0 Å². The first-order valence-corrected chi connectivity index (χ1v) is 41.5. The number of benzene rings is 15. The standard InChI is InChI=1S/3C29H21N.9C2H6/c1-2-30-26-14-8-7-13-23(26)28-22-12-6-5-11-21(22)27-24-16-19-10-4-3-9-18(19)15-20(24)17-25(27)29(28)30;1-2-30-25-14-8-7-13-23(25)28-22-12-6-5-11-21(22)27-24(29(28)30)17-19-16-15-18-9-3-4-10-20(18)26(19)27;1-2-30-26-14-8-7-13-23(26)28-21-12-6-5-11-20(21)27-22-16-15-18-9-3-4-10-19(18)24(22)17-25(27)29(28)30;9*1-2/h3*3-16H,2,17H2,1H3;9*1-2H3. The van der Waals surface area contributed by atoms with Crippen LogP contribution in [0.3, 0.4) is 0 Å². The fourth-order valence-electron chi connectivity index (χ4n) is 17.4. The highest BCUT2D eigenvalue weighted by Gasteiger charge is 2.32. The highest BCUT2D eigenvalue weighted by atomic mass is 15.0. The van der Waals surface area contributed by atoms with Crippen LogP contribution < -0.4 is 0 Å². The molecule has 21 rings (SSSR count). The average molecular weight is 1420 g/mol. The summed E-state index contributed by atoms with van der Waals surface area (Å²) >= 11 is 0. The molecule has 0 N–H and O–H groups in total. The molecule has 108 heavy (non-hydrogen) atoms. The molecule has 3 aliphatic carbocycles. The molecule has 0 saturated carbocycles. The van der Waals surface area contributed by atoms with E-state index in [9.17, 15) is 0 Å². The molecule has 3 heterocycles. The highest BCUT2D eigenvalue weighted by Crippen LogP contribution is 2.54. The van der Waals surface area contributed by atoms with E-state index in [0.29, 0.717) is 0 Å². The van der Waals surface area contributed by atoms with Gasteiger partial charge in [-0.2, -0.15) is 0 Å². The third-order valence-corrected chi connectivity index (χ3v) is 20.9. The molecule has 552 valence electrons. The fourth-order valence-corrected chi connectivity index (χ4v) is 17.4. The molecule has 0 unspecified atom stereocenters. The van der Waals surface area contributed by atoms with Gasteiger partial charge in [-0.25, -0.2) is 0 Å². The largest absolute Gasteiger partial charge is 0.340 e. The summed E-state index contributed by atoms with van der Waals surface area (Å²) in [6.45, 7) is 45.7. The minimum Gasteiger partial charge on any atom is -0.340 e. The second-order valence-electron chi connectivity index (χ2n) is 25.2. The summed E-state index contributed by atoms with van der Waals surface area (Å²) in [6, 6.07) is 94.2. The van der Waals surface area contributed by atoms with Crippen LogP contribution in [0.1, 0.15) is 179 Å². The van der Waals surface area contributed by atoms with Crippen molar-refractivity contribution in [3.05, 3.63) is 288 Å². The summed E-state index contributed by atoms with van der Waals surface area (Å²) in [6.07, 6.45) is 3.02. The molecule has 3 aliphatic rings. The fraction of sp³-hybridized carbons (Fsp3) is 0.257. The Hall–Kier alpha value is -10.7. The highest BCUT2D eigenvalue weighted by molar-refractivity contribution is 6.29. The van der Waals surface area contributed by atoms with E-state index in [0.717, 1.165) is 38.9 Å². The molecule has 3 heteroatoms. The van der Waals surface area contributed by atoms with Crippen LogP contribution in [0.25, 0.3) is 163 Å². The Morgan fingerprint density at radius 2 is 0.509 bits per heavy atom. The van der Waals surface area contributed by atoms with E-state index >= 15 is 0 Å². The summed E-state index contributed by atoms with van der Waals surface area (Å²) in [7, 11) is 0. The van der Waals surface area contributed by atoms with E-state index in [2.05, 4.69) is 289 Å². The Morgan fingerprint density at radius 1 is 0.213 bits per heavy atom. The zero-order chi connectivity index (χ0) is 77.5. The first kappa shape index (κ1) is 79.8. The zero-order valence-electron chi connectivity index (χ0n) is 68.8. The summed E-state index contributed by atoms with van der Waals surface area (Å²) < 4.78 is 7.59. The summed E-state index contributed by atoms with van der Waals surface area (Å²) in [4.78, 5) is 0. The lowest BCUT2D eigenvalue weighted by Gasteiger charge is -2.13. The molecule has 0 fully saturated rings. The lowest BCUT2D eigenvalue weighted by atomic mass is 9.91. The van der Waals surface area contributed by atoms with Gasteiger partial charge in [-0.15, -0.1) is 0 Å². The van der Waals surface area contributed by atoms with Gasteiger partial charge >= 0.3 is 0 Å². The molecule has 0 amide bonds. The van der Waals surface area contributed by atoms with E-state index in [1.165, 1.54) is 197 Å². The maximum Gasteiger partial charge on any atom is 0.0540 e. The summed E-state index contributed by atoms with van der Waals surface area (Å²) in [5.74, 6) is 0. The van der Waals surface area contributed by atoms with Gasteiger partial charge in [0.15, 0.2) is 0 Å². The Morgan fingerprint density at radius 3 is 0.935 bits per heavy atom. The predicted octanol–water partition coefficient (Wildman–Crippen LogP) is 32.3. The lowest BCUT2D eigenvalue weighted by Crippen LogP contribution is -1.97. The van der Waals surface area contributed by atoms with Crippen LogP contribution in [0, 0.1) is 0 Å². The number of rotatable bonds is 3. The minimum atomic E-state index is 0.978. The topological polar surface area (TPSA) is 14.8 Å². The molecule has 0 saturated heterocycles. The number of para-hydroxylation sites is 3. The van der Waals surface area contributed by atoms with Crippen molar-refractivity contribution in [1.82, 2.24) is 13.7 Å². The van der Waals surface area contributed by atoms with Crippen LogP contribution in [-0.2, 0) is 38.9 Å². The van der Waals surface area contributed by atoms with Crippen molar-refractivity contribution in [2.24, 2.45) is 0 Å². The quantitative estimate of drug-likeness (QED) is 0.167. The smallest absolute Gasteiger partial charge is 0.0540 e. The molecule has 0 spiro atoms. The number of nitrogens with zero attached hydrogens (tertiary/aromatic N) is 3. The van der Waals surface area contributed by atoms with Gasteiger partial charge in [0.05, 0.1) is 16.6 Å².